The van der Waals surface area contributed by atoms with E-state index >= 15 is 0 Å². The number of aldehydes is 1. The topological polar surface area (TPSA) is 42.9 Å². The average molecular weight is 284 g/mol. The summed E-state index contributed by atoms with van der Waals surface area (Å²) in [6, 6.07) is 5.13. The van der Waals surface area contributed by atoms with Gasteiger partial charge in [0, 0.05) is 16.7 Å². The van der Waals surface area contributed by atoms with Crippen molar-refractivity contribution in [3.63, 3.8) is 0 Å². The van der Waals surface area contributed by atoms with Crippen LogP contribution in [0.5, 0.6) is 0 Å². The summed E-state index contributed by atoms with van der Waals surface area (Å²) in [5.41, 5.74) is -1.32. The lowest BCUT2D eigenvalue weighted by atomic mass is 10.1. The largest absolute Gasteiger partial charge is 0.417 e. The maximum absolute atomic E-state index is 12.8. The number of alkyl halides is 3. The van der Waals surface area contributed by atoms with Crippen LogP contribution in [0.1, 0.15) is 15.9 Å². The van der Waals surface area contributed by atoms with Gasteiger partial charge in [0.05, 0.1) is 5.56 Å². The number of aromatic nitrogens is 2. The molecule has 1 heterocycles. The minimum absolute atomic E-state index is 0.196. The third kappa shape index (κ3) is 3.31. The van der Waals surface area contributed by atoms with Gasteiger partial charge in [-0.25, -0.2) is 9.97 Å². The monoisotopic (exact) mass is 284 g/mol. The quantitative estimate of drug-likeness (QED) is 0.639. The van der Waals surface area contributed by atoms with Crippen molar-refractivity contribution in [1.29, 1.82) is 0 Å². The summed E-state index contributed by atoms with van der Waals surface area (Å²) in [6.07, 6.45) is -1.55. The SMILES string of the molecule is O=Cc1ccc(Sc2ccncn2)cc1C(F)(F)F. The molecule has 0 bridgehead atoms. The number of benzene rings is 1. The van der Waals surface area contributed by atoms with Gasteiger partial charge in [-0.3, -0.25) is 4.79 Å². The fourth-order valence-electron chi connectivity index (χ4n) is 1.41. The smallest absolute Gasteiger partial charge is 0.298 e. The Kier molecular flexibility index (Phi) is 3.84. The summed E-state index contributed by atoms with van der Waals surface area (Å²) in [5.74, 6) is 0. The molecule has 0 saturated heterocycles. The molecule has 0 fully saturated rings. The molecule has 2 aromatic rings. The van der Waals surface area contributed by atoms with Crippen LogP contribution in [0.15, 0.2) is 46.7 Å². The molecule has 0 aliphatic rings. The van der Waals surface area contributed by atoms with Crippen LogP contribution in [-0.2, 0) is 6.18 Å². The Morgan fingerprint density at radius 1 is 1.21 bits per heavy atom. The van der Waals surface area contributed by atoms with Gasteiger partial charge >= 0.3 is 6.18 Å². The maximum atomic E-state index is 12.8. The summed E-state index contributed by atoms with van der Waals surface area (Å²) in [6.45, 7) is 0. The highest BCUT2D eigenvalue weighted by Crippen LogP contribution is 2.35. The molecular formula is C12H7F3N2OS. The minimum atomic E-state index is -4.56. The van der Waals surface area contributed by atoms with Crippen molar-refractivity contribution in [2.24, 2.45) is 0 Å². The lowest BCUT2D eigenvalue weighted by Crippen LogP contribution is -2.08. The second-order valence-corrected chi connectivity index (χ2v) is 4.61. The second kappa shape index (κ2) is 5.40. The standard InChI is InChI=1S/C12H7F3N2OS/c13-12(14,15)10-5-9(2-1-8(10)6-18)19-11-3-4-16-7-17-11/h1-7H. The highest BCUT2D eigenvalue weighted by molar-refractivity contribution is 7.99. The van der Waals surface area contributed by atoms with Gasteiger partial charge in [-0.1, -0.05) is 11.8 Å². The van der Waals surface area contributed by atoms with E-state index in [1.165, 1.54) is 18.6 Å². The number of carbonyl (C=O) groups is 1. The van der Waals surface area contributed by atoms with E-state index in [-0.39, 0.29) is 11.8 Å². The zero-order chi connectivity index (χ0) is 13.9. The van der Waals surface area contributed by atoms with Crippen molar-refractivity contribution < 1.29 is 18.0 Å². The van der Waals surface area contributed by atoms with Gasteiger partial charge in [0.25, 0.3) is 0 Å². The summed E-state index contributed by atoms with van der Waals surface area (Å²) >= 11 is 1.07. The van der Waals surface area contributed by atoms with Crippen LogP contribution in [-0.4, -0.2) is 16.3 Å². The maximum Gasteiger partial charge on any atom is 0.417 e. The van der Waals surface area contributed by atoms with E-state index in [1.54, 1.807) is 6.07 Å². The molecule has 98 valence electrons. The Bertz CT molecular complexity index is 587. The molecule has 7 heteroatoms. The zero-order valence-corrected chi connectivity index (χ0v) is 10.2. The van der Waals surface area contributed by atoms with Crippen molar-refractivity contribution in [2.45, 2.75) is 16.1 Å². The first-order chi connectivity index (χ1) is 9.00. The van der Waals surface area contributed by atoms with Crippen molar-refractivity contribution in [1.82, 2.24) is 9.97 Å². The van der Waals surface area contributed by atoms with Gasteiger partial charge in [0.1, 0.15) is 11.4 Å². The fraction of sp³-hybridized carbons (Fsp3) is 0.0833. The summed E-state index contributed by atoms with van der Waals surface area (Å²) < 4.78 is 38.3. The first-order valence-electron chi connectivity index (χ1n) is 5.11. The third-order valence-corrected chi connectivity index (χ3v) is 3.17. The van der Waals surface area contributed by atoms with Gasteiger partial charge < -0.3 is 0 Å². The molecule has 0 unspecified atom stereocenters. The highest BCUT2D eigenvalue weighted by Gasteiger charge is 2.33. The lowest BCUT2D eigenvalue weighted by molar-refractivity contribution is -0.138. The number of hydrogen-bond donors (Lipinski definition) is 0. The Balaban J connectivity index is 2.36. The van der Waals surface area contributed by atoms with Crippen molar-refractivity contribution in [3.05, 3.63) is 47.9 Å². The number of nitrogens with zero attached hydrogens (tertiary/aromatic N) is 2. The number of halogens is 3. The van der Waals surface area contributed by atoms with Crippen LogP contribution in [0.2, 0.25) is 0 Å². The van der Waals surface area contributed by atoms with Crippen LogP contribution in [0.25, 0.3) is 0 Å². The van der Waals surface area contributed by atoms with Gasteiger partial charge in [0.2, 0.25) is 0 Å². The number of rotatable bonds is 3. The molecule has 0 saturated carbocycles. The summed E-state index contributed by atoms with van der Waals surface area (Å²) in [7, 11) is 0. The number of hydrogen-bond acceptors (Lipinski definition) is 4. The normalized spacial score (nSPS) is 11.3. The van der Waals surface area contributed by atoms with E-state index in [4.69, 9.17) is 0 Å². The van der Waals surface area contributed by atoms with E-state index in [1.807, 2.05) is 0 Å². The van der Waals surface area contributed by atoms with E-state index < -0.39 is 11.7 Å². The van der Waals surface area contributed by atoms with Crippen LogP contribution >= 0.6 is 11.8 Å². The lowest BCUT2D eigenvalue weighted by Gasteiger charge is -2.10. The van der Waals surface area contributed by atoms with Gasteiger partial charge in [-0.05, 0) is 24.3 Å². The predicted octanol–water partition coefficient (Wildman–Crippen LogP) is 3.46. The Labute approximate surface area is 110 Å². The van der Waals surface area contributed by atoms with E-state index in [2.05, 4.69) is 9.97 Å². The molecule has 1 aromatic carbocycles. The third-order valence-electron chi connectivity index (χ3n) is 2.23. The molecule has 0 aliphatic heterocycles. The first kappa shape index (κ1) is 13.5. The minimum Gasteiger partial charge on any atom is -0.298 e. The Morgan fingerprint density at radius 2 is 2.00 bits per heavy atom. The van der Waals surface area contributed by atoms with Crippen LogP contribution in [0.4, 0.5) is 13.2 Å². The Morgan fingerprint density at radius 3 is 2.58 bits per heavy atom. The second-order valence-electron chi connectivity index (χ2n) is 3.51. The molecule has 0 aliphatic carbocycles. The molecule has 0 N–H and O–H groups in total. The zero-order valence-electron chi connectivity index (χ0n) is 9.39. The Hall–Kier alpha value is -1.89. The average Bonchev–Trinajstić information content (AvgIpc) is 2.39. The van der Waals surface area contributed by atoms with E-state index in [0.717, 1.165) is 23.9 Å². The van der Waals surface area contributed by atoms with E-state index in [0.29, 0.717) is 9.92 Å². The molecule has 0 amide bonds. The molecule has 1 aromatic heterocycles. The van der Waals surface area contributed by atoms with Crippen LogP contribution in [0.3, 0.4) is 0 Å². The summed E-state index contributed by atoms with van der Waals surface area (Å²) in [4.78, 5) is 18.6. The van der Waals surface area contributed by atoms with E-state index in [9.17, 15) is 18.0 Å². The van der Waals surface area contributed by atoms with Crippen molar-refractivity contribution in [2.75, 3.05) is 0 Å². The van der Waals surface area contributed by atoms with Crippen LogP contribution < -0.4 is 0 Å². The number of carbonyl (C=O) groups excluding carboxylic acids is 1. The molecule has 0 atom stereocenters. The first-order valence-corrected chi connectivity index (χ1v) is 5.92. The fourth-order valence-corrected chi connectivity index (χ4v) is 2.19. The molecule has 19 heavy (non-hydrogen) atoms. The van der Waals surface area contributed by atoms with Crippen molar-refractivity contribution >= 4 is 18.0 Å². The van der Waals surface area contributed by atoms with Gasteiger partial charge in [-0.15, -0.1) is 0 Å². The molecule has 0 radical (unpaired) electrons. The molecular weight excluding hydrogens is 277 g/mol. The molecule has 3 nitrogen and oxygen atoms in total. The predicted molar refractivity (Wildman–Crippen MR) is 63.0 cm³/mol. The summed E-state index contributed by atoms with van der Waals surface area (Å²) in [5, 5.41) is 0.530. The molecule has 0 spiro atoms. The van der Waals surface area contributed by atoms with Gasteiger partial charge in [-0.2, -0.15) is 13.2 Å². The van der Waals surface area contributed by atoms with Gasteiger partial charge in [0.15, 0.2) is 6.29 Å². The highest BCUT2D eigenvalue weighted by atomic mass is 32.2. The molecule has 2 rings (SSSR count). The van der Waals surface area contributed by atoms with Crippen LogP contribution in [0, 0.1) is 0 Å². The van der Waals surface area contributed by atoms with Crippen molar-refractivity contribution in [3.8, 4) is 0 Å².